The van der Waals surface area contributed by atoms with Crippen LogP contribution in [-0.2, 0) is 11.0 Å². The number of amides is 2. The third-order valence-electron chi connectivity index (χ3n) is 3.66. The third-order valence-corrected chi connectivity index (χ3v) is 3.66. The van der Waals surface area contributed by atoms with Gasteiger partial charge in [0.25, 0.3) is 5.91 Å². The fourth-order valence-corrected chi connectivity index (χ4v) is 2.49. The molecule has 156 valence electrons. The van der Waals surface area contributed by atoms with Gasteiger partial charge in [0.1, 0.15) is 0 Å². The molecule has 1 aromatic heterocycles. The van der Waals surface area contributed by atoms with Gasteiger partial charge in [-0.15, -0.1) is 0 Å². The lowest BCUT2D eigenvalue weighted by atomic mass is 10.1. The number of hydrogen-bond acceptors (Lipinski definition) is 4. The molecule has 0 saturated heterocycles. The van der Waals surface area contributed by atoms with Crippen LogP contribution in [-0.4, -0.2) is 33.7 Å². The molecule has 0 aliphatic carbocycles. The maximum atomic E-state index is 13.0. The molecule has 10 heteroatoms. The summed E-state index contributed by atoms with van der Waals surface area (Å²) in [6.07, 6.45) is -4.55. The number of aryl methyl sites for hydroxylation is 1. The van der Waals surface area contributed by atoms with E-state index in [-0.39, 0.29) is 17.9 Å². The molecule has 0 fully saturated rings. The van der Waals surface area contributed by atoms with Crippen LogP contribution in [0.15, 0.2) is 35.1 Å². The highest BCUT2D eigenvalue weighted by Gasteiger charge is 2.30. The SMILES string of the molecule is Cc1cc(=O)c(C(=O)NCC(=O)NC(C)(C)C)nn1-c1cccc(C(F)(F)F)c1. The van der Waals surface area contributed by atoms with E-state index >= 15 is 0 Å². The summed E-state index contributed by atoms with van der Waals surface area (Å²) in [5, 5.41) is 8.84. The summed E-state index contributed by atoms with van der Waals surface area (Å²) in [4.78, 5) is 36.3. The topological polar surface area (TPSA) is 93.1 Å². The Balaban J connectivity index is 2.31. The Morgan fingerprint density at radius 3 is 2.38 bits per heavy atom. The minimum absolute atomic E-state index is 0.0388. The molecule has 1 aromatic carbocycles. The Hall–Kier alpha value is -3.17. The molecule has 2 aromatic rings. The van der Waals surface area contributed by atoms with Gasteiger partial charge in [-0.2, -0.15) is 18.3 Å². The maximum absolute atomic E-state index is 13.0. The fourth-order valence-electron chi connectivity index (χ4n) is 2.49. The molecule has 0 radical (unpaired) electrons. The highest BCUT2D eigenvalue weighted by molar-refractivity contribution is 5.94. The van der Waals surface area contributed by atoms with Gasteiger partial charge in [-0.25, -0.2) is 4.68 Å². The van der Waals surface area contributed by atoms with E-state index in [4.69, 9.17) is 0 Å². The van der Waals surface area contributed by atoms with Crippen LogP contribution in [0.5, 0.6) is 0 Å². The number of rotatable bonds is 4. The van der Waals surface area contributed by atoms with E-state index in [9.17, 15) is 27.6 Å². The Bertz CT molecular complexity index is 991. The van der Waals surface area contributed by atoms with Crippen molar-refractivity contribution in [3.8, 4) is 5.69 Å². The first kappa shape index (κ1) is 22.1. The first-order chi connectivity index (χ1) is 13.3. The van der Waals surface area contributed by atoms with Gasteiger partial charge in [0.2, 0.25) is 11.3 Å². The van der Waals surface area contributed by atoms with Gasteiger partial charge in [-0.1, -0.05) is 6.07 Å². The molecule has 0 spiro atoms. The summed E-state index contributed by atoms with van der Waals surface area (Å²) in [6, 6.07) is 5.44. The number of alkyl halides is 3. The van der Waals surface area contributed by atoms with Gasteiger partial charge in [-0.3, -0.25) is 14.4 Å². The van der Waals surface area contributed by atoms with E-state index in [1.807, 2.05) is 0 Å². The van der Waals surface area contributed by atoms with Gasteiger partial charge >= 0.3 is 6.18 Å². The molecule has 29 heavy (non-hydrogen) atoms. The van der Waals surface area contributed by atoms with Crippen LogP contribution >= 0.6 is 0 Å². The normalized spacial score (nSPS) is 11.8. The average molecular weight is 410 g/mol. The number of aromatic nitrogens is 2. The van der Waals surface area contributed by atoms with Crippen molar-refractivity contribution in [3.05, 3.63) is 57.5 Å². The van der Waals surface area contributed by atoms with Crippen molar-refractivity contribution in [3.63, 3.8) is 0 Å². The molecule has 0 atom stereocenters. The second-order valence-corrected chi connectivity index (χ2v) is 7.44. The molecule has 1 heterocycles. The monoisotopic (exact) mass is 410 g/mol. The molecule has 0 unspecified atom stereocenters. The minimum atomic E-state index is -4.55. The van der Waals surface area contributed by atoms with Crippen molar-refractivity contribution in [1.82, 2.24) is 20.4 Å². The number of nitrogens with zero attached hydrogens (tertiary/aromatic N) is 2. The number of hydrogen-bond donors (Lipinski definition) is 2. The number of carbonyl (C=O) groups excluding carboxylic acids is 2. The summed E-state index contributed by atoms with van der Waals surface area (Å²) in [7, 11) is 0. The third kappa shape index (κ3) is 5.90. The van der Waals surface area contributed by atoms with Gasteiger partial charge < -0.3 is 10.6 Å². The molecule has 2 N–H and O–H groups in total. The molecule has 7 nitrogen and oxygen atoms in total. The van der Waals surface area contributed by atoms with Crippen LogP contribution in [0, 0.1) is 6.92 Å². The predicted molar refractivity (Wildman–Crippen MR) is 99.8 cm³/mol. The van der Waals surface area contributed by atoms with Crippen molar-refractivity contribution in [1.29, 1.82) is 0 Å². The van der Waals surface area contributed by atoms with Gasteiger partial charge in [0, 0.05) is 17.3 Å². The van der Waals surface area contributed by atoms with Crippen molar-refractivity contribution in [2.45, 2.75) is 39.4 Å². The number of nitrogens with one attached hydrogen (secondary N) is 2. The first-order valence-electron chi connectivity index (χ1n) is 8.66. The van der Waals surface area contributed by atoms with Crippen LogP contribution in [0.1, 0.15) is 42.5 Å². The zero-order valence-electron chi connectivity index (χ0n) is 16.3. The Morgan fingerprint density at radius 1 is 1.14 bits per heavy atom. The highest BCUT2D eigenvalue weighted by Crippen LogP contribution is 2.30. The van der Waals surface area contributed by atoms with Crippen molar-refractivity contribution in [2.24, 2.45) is 0 Å². The predicted octanol–water partition coefficient (Wildman–Crippen LogP) is 2.20. The quantitative estimate of drug-likeness (QED) is 0.808. The van der Waals surface area contributed by atoms with Crippen LogP contribution in [0.3, 0.4) is 0 Å². The van der Waals surface area contributed by atoms with Gasteiger partial charge in [0.05, 0.1) is 17.8 Å². The van der Waals surface area contributed by atoms with Crippen LogP contribution in [0.2, 0.25) is 0 Å². The van der Waals surface area contributed by atoms with E-state index in [0.29, 0.717) is 0 Å². The summed E-state index contributed by atoms with van der Waals surface area (Å²) < 4.78 is 40.0. The highest BCUT2D eigenvalue weighted by atomic mass is 19.4. The summed E-state index contributed by atoms with van der Waals surface area (Å²) >= 11 is 0. The first-order valence-corrected chi connectivity index (χ1v) is 8.66. The number of benzene rings is 1. The smallest absolute Gasteiger partial charge is 0.350 e. The van der Waals surface area contributed by atoms with Crippen LogP contribution in [0.25, 0.3) is 5.69 Å². The second kappa shape index (κ2) is 8.06. The van der Waals surface area contributed by atoms with Gasteiger partial charge in [-0.05, 0) is 45.9 Å². The minimum Gasteiger partial charge on any atom is -0.350 e. The van der Waals surface area contributed by atoms with Crippen molar-refractivity contribution in [2.75, 3.05) is 6.54 Å². The molecule has 0 bridgehead atoms. The van der Waals surface area contributed by atoms with Gasteiger partial charge in [0.15, 0.2) is 5.69 Å². The Morgan fingerprint density at radius 2 is 1.79 bits per heavy atom. The zero-order chi connectivity index (χ0) is 22.0. The summed E-state index contributed by atoms with van der Waals surface area (Å²) in [6.45, 7) is 6.40. The van der Waals surface area contributed by atoms with E-state index in [2.05, 4.69) is 15.7 Å². The lowest BCUT2D eigenvalue weighted by Gasteiger charge is -2.20. The Kier molecular flexibility index (Phi) is 6.15. The zero-order valence-corrected chi connectivity index (χ0v) is 16.3. The lowest BCUT2D eigenvalue weighted by Crippen LogP contribution is -2.46. The lowest BCUT2D eigenvalue weighted by molar-refractivity contribution is -0.137. The molecule has 2 amide bonds. The molecule has 0 saturated carbocycles. The number of carbonyl (C=O) groups is 2. The summed E-state index contributed by atoms with van der Waals surface area (Å²) in [5.74, 6) is -1.36. The van der Waals surface area contributed by atoms with E-state index < -0.39 is 40.2 Å². The standard InChI is InChI=1S/C19H21F3N4O3/c1-11-8-14(27)16(17(29)23-10-15(28)24-18(2,3)4)25-26(11)13-7-5-6-12(9-13)19(20,21)22/h5-9H,10H2,1-4H3,(H,23,29)(H,24,28). The van der Waals surface area contributed by atoms with Crippen molar-refractivity contribution < 1.29 is 22.8 Å². The summed E-state index contributed by atoms with van der Waals surface area (Å²) in [5.41, 5.74) is -2.34. The van der Waals surface area contributed by atoms with E-state index in [1.165, 1.54) is 19.1 Å². The average Bonchev–Trinajstić information content (AvgIpc) is 2.57. The molecule has 2 rings (SSSR count). The largest absolute Gasteiger partial charge is 0.416 e. The van der Waals surface area contributed by atoms with Crippen LogP contribution < -0.4 is 16.1 Å². The van der Waals surface area contributed by atoms with E-state index in [1.54, 1.807) is 20.8 Å². The Labute approximate surface area is 164 Å². The number of halogens is 3. The van der Waals surface area contributed by atoms with E-state index in [0.717, 1.165) is 22.9 Å². The molecular formula is C19H21F3N4O3. The molecule has 0 aliphatic heterocycles. The van der Waals surface area contributed by atoms with Crippen molar-refractivity contribution >= 4 is 11.8 Å². The molecule has 0 aliphatic rings. The van der Waals surface area contributed by atoms with Crippen LogP contribution in [0.4, 0.5) is 13.2 Å². The fraction of sp³-hybridized carbons (Fsp3) is 0.368. The molecular weight excluding hydrogens is 389 g/mol. The second-order valence-electron chi connectivity index (χ2n) is 7.44. The maximum Gasteiger partial charge on any atom is 0.416 e.